The molecule has 53 heavy (non-hydrogen) atoms. The number of aryl methyl sites for hydroxylation is 2. The van der Waals surface area contributed by atoms with Gasteiger partial charge in [-0.1, -0.05) is 0 Å². The van der Waals surface area contributed by atoms with Gasteiger partial charge in [0.05, 0.1) is 0 Å². The molecular formula is C47H45Cl2O2SiZr. The molecule has 2 aromatic heterocycles. The summed E-state index contributed by atoms with van der Waals surface area (Å²) in [7, 11) is 13.6. The summed E-state index contributed by atoms with van der Waals surface area (Å²) >= 11 is -3.14. The Kier molecular flexibility index (Phi) is 9.68. The fourth-order valence-electron chi connectivity index (χ4n) is 8.70. The first-order chi connectivity index (χ1) is 25.3. The van der Waals surface area contributed by atoms with Gasteiger partial charge in [0, 0.05) is 0 Å². The third kappa shape index (κ3) is 6.28. The molecule has 2 aliphatic carbocycles. The van der Waals surface area contributed by atoms with E-state index in [4.69, 9.17) is 25.9 Å². The zero-order valence-corrected chi connectivity index (χ0v) is 36.8. The number of allylic oxidation sites excluding steroid dienone is 3. The molecule has 2 nitrogen and oxygen atoms in total. The fraction of sp³-hybridized carbons (Fsp3) is 0.234. The summed E-state index contributed by atoms with van der Waals surface area (Å²) in [5.74, 6) is 3.43. The van der Waals surface area contributed by atoms with Crippen LogP contribution in [0.3, 0.4) is 0 Å². The van der Waals surface area contributed by atoms with Crippen LogP contribution in [0.15, 0.2) is 112 Å². The maximum atomic E-state index is 7.44. The average Bonchev–Trinajstić information content (AvgIpc) is 3.92. The van der Waals surface area contributed by atoms with Gasteiger partial charge in [-0.2, -0.15) is 0 Å². The summed E-state index contributed by atoms with van der Waals surface area (Å²) in [5, 5.41) is 1.47. The predicted octanol–water partition coefficient (Wildman–Crippen LogP) is 13.4. The summed E-state index contributed by atoms with van der Waals surface area (Å²) in [5.41, 5.74) is 15.9. The van der Waals surface area contributed by atoms with Gasteiger partial charge in [0.15, 0.2) is 0 Å². The van der Waals surface area contributed by atoms with Crippen LogP contribution in [0.2, 0.25) is 13.1 Å². The molecule has 0 N–H and O–H groups in total. The molecular weight excluding hydrogens is 787 g/mol. The van der Waals surface area contributed by atoms with Crippen LogP contribution in [0.25, 0.3) is 45.0 Å². The normalized spacial score (nSPS) is 16.7. The van der Waals surface area contributed by atoms with E-state index in [9.17, 15) is 0 Å². The number of furan rings is 2. The molecule has 0 fully saturated rings. The van der Waals surface area contributed by atoms with Gasteiger partial charge in [0.25, 0.3) is 0 Å². The second-order valence-electron chi connectivity index (χ2n) is 16.0. The van der Waals surface area contributed by atoms with Crippen LogP contribution in [0.5, 0.6) is 0 Å². The molecule has 0 saturated heterocycles. The van der Waals surface area contributed by atoms with Gasteiger partial charge in [0.1, 0.15) is 0 Å². The standard InChI is InChI=1S/C47H45O2Si.2ClH.Zr/c1-28-19-21-34-35(42(28)31-15-11-9-12-16-31)27-37(38-22-20-29(2)48-38)45(34)46-36(39-23-24-41(49-39)47(4,5)6)25-33-26-40(50(7)8)30(3)43(44(33)46)32-17-13-10-14-18-32;;;/h9-27,45,50H,1-8H3;2*1H;/q;;;+2/p-2. The minimum absolute atomic E-state index is 0.109. The van der Waals surface area contributed by atoms with Gasteiger partial charge in [-0.3, -0.25) is 0 Å². The van der Waals surface area contributed by atoms with Crippen LogP contribution in [-0.2, 0) is 24.8 Å². The van der Waals surface area contributed by atoms with Crippen LogP contribution in [0.1, 0.15) is 86.7 Å². The summed E-state index contributed by atoms with van der Waals surface area (Å²) in [6.07, 6.45) is 2.39. The van der Waals surface area contributed by atoms with E-state index in [-0.39, 0.29) is 15.0 Å². The SMILES string of the molecule is Cc1ccc(C2=Cc3c(ccc(C)c3-c3ccccc3)C2C2=C(c3ccc(C(C)(C)C)o3)[CH]([Zr]([Cl])[Cl])c3cc([SiH](C)C)c(C)c(-c4ccccc4)c32)o1. The van der Waals surface area contributed by atoms with E-state index in [0.717, 1.165) is 34.2 Å². The first-order valence-electron chi connectivity index (χ1n) is 18.6. The second-order valence-corrected chi connectivity index (χ2v) is 27.7. The van der Waals surface area contributed by atoms with E-state index in [1.807, 2.05) is 6.92 Å². The molecule has 0 radical (unpaired) electrons. The van der Waals surface area contributed by atoms with E-state index in [1.54, 1.807) is 0 Å². The number of hydrogen-bond acceptors (Lipinski definition) is 2. The zero-order valence-electron chi connectivity index (χ0n) is 31.7. The number of benzene rings is 4. The van der Waals surface area contributed by atoms with E-state index in [1.165, 1.54) is 66.4 Å². The topological polar surface area (TPSA) is 26.3 Å². The Morgan fingerprint density at radius 3 is 1.87 bits per heavy atom. The predicted molar refractivity (Wildman–Crippen MR) is 224 cm³/mol. The van der Waals surface area contributed by atoms with E-state index in [2.05, 4.69) is 157 Å². The molecule has 0 saturated carbocycles. The Labute approximate surface area is 330 Å². The molecule has 6 heteroatoms. The van der Waals surface area contributed by atoms with Gasteiger partial charge in [0.2, 0.25) is 0 Å². The molecule has 2 unspecified atom stereocenters. The molecule has 6 aromatic rings. The van der Waals surface area contributed by atoms with Crippen LogP contribution < -0.4 is 5.19 Å². The molecule has 2 heterocycles. The van der Waals surface area contributed by atoms with E-state index in [0.29, 0.717) is 0 Å². The number of fused-ring (bicyclic) bond motifs is 2. The third-order valence-electron chi connectivity index (χ3n) is 11.1. The summed E-state index contributed by atoms with van der Waals surface area (Å²) < 4.78 is 13.4. The Hall–Kier alpha value is -3.40. The van der Waals surface area contributed by atoms with Crippen LogP contribution in [-0.4, -0.2) is 8.80 Å². The van der Waals surface area contributed by atoms with Gasteiger partial charge in [-0.15, -0.1) is 0 Å². The molecule has 0 bridgehead atoms. The molecule has 8 rings (SSSR count). The molecule has 4 aromatic carbocycles. The molecule has 267 valence electrons. The van der Waals surface area contributed by atoms with E-state index >= 15 is 0 Å². The maximum absolute atomic E-state index is 7.44. The molecule has 2 aliphatic rings. The van der Waals surface area contributed by atoms with Crippen molar-refractivity contribution in [3.8, 4) is 22.3 Å². The van der Waals surface area contributed by atoms with Crippen molar-refractivity contribution in [1.82, 2.24) is 0 Å². The first-order valence-corrected chi connectivity index (χ1v) is 29.2. The molecule has 0 aliphatic heterocycles. The Morgan fingerprint density at radius 2 is 1.30 bits per heavy atom. The molecule has 0 amide bonds. The van der Waals surface area contributed by atoms with Crippen molar-refractivity contribution in [2.24, 2.45) is 0 Å². The van der Waals surface area contributed by atoms with Gasteiger partial charge in [-0.05, 0) is 0 Å². The van der Waals surface area contributed by atoms with Gasteiger partial charge < -0.3 is 0 Å². The molecule has 2 atom stereocenters. The quantitative estimate of drug-likeness (QED) is 0.150. The number of halogens is 2. The van der Waals surface area contributed by atoms with Crippen molar-refractivity contribution in [1.29, 1.82) is 0 Å². The van der Waals surface area contributed by atoms with Gasteiger partial charge >= 0.3 is 333 Å². The second kappa shape index (κ2) is 14.0. The van der Waals surface area contributed by atoms with Crippen LogP contribution >= 0.6 is 17.0 Å². The summed E-state index contributed by atoms with van der Waals surface area (Å²) in [6, 6.07) is 37.4. The van der Waals surface area contributed by atoms with Crippen molar-refractivity contribution in [3.05, 3.63) is 160 Å². The summed E-state index contributed by atoms with van der Waals surface area (Å²) in [4.78, 5) is 0. The monoisotopic (exact) mass is 829 g/mol. The summed E-state index contributed by atoms with van der Waals surface area (Å²) in [6.45, 7) is 18.0. The average molecular weight is 832 g/mol. The Bertz CT molecular complexity index is 2430. The Balaban J connectivity index is 1.54. The third-order valence-corrected chi connectivity index (χ3v) is 18.1. The molecule has 0 spiro atoms. The van der Waals surface area contributed by atoms with Crippen LogP contribution in [0.4, 0.5) is 0 Å². The zero-order chi connectivity index (χ0) is 37.3. The van der Waals surface area contributed by atoms with Crippen LogP contribution in [0, 0.1) is 20.8 Å². The number of rotatable bonds is 7. The van der Waals surface area contributed by atoms with Crippen molar-refractivity contribution in [2.75, 3.05) is 0 Å². The van der Waals surface area contributed by atoms with Crippen molar-refractivity contribution < 1.29 is 28.2 Å². The fourth-order valence-corrected chi connectivity index (χ4v) is 15.3. The van der Waals surface area contributed by atoms with Crippen molar-refractivity contribution >= 4 is 53.8 Å². The van der Waals surface area contributed by atoms with Crippen molar-refractivity contribution in [2.45, 2.75) is 69.6 Å². The minimum atomic E-state index is -3.14. The van der Waals surface area contributed by atoms with Gasteiger partial charge in [-0.25, -0.2) is 0 Å². The number of hydrogen-bond donors (Lipinski definition) is 0. The van der Waals surface area contributed by atoms with Crippen molar-refractivity contribution in [3.63, 3.8) is 0 Å². The Morgan fingerprint density at radius 1 is 0.660 bits per heavy atom. The first kappa shape index (κ1) is 36.6. The van der Waals surface area contributed by atoms with E-state index < -0.39 is 28.2 Å².